The van der Waals surface area contributed by atoms with E-state index in [1.165, 1.54) is 5.56 Å². The van der Waals surface area contributed by atoms with E-state index in [1.807, 2.05) is 20.0 Å². The van der Waals surface area contributed by atoms with Crippen LogP contribution in [0.4, 0.5) is 11.8 Å². The Hall–Kier alpha value is -3.03. The van der Waals surface area contributed by atoms with Gasteiger partial charge in [0.25, 0.3) is 0 Å². The van der Waals surface area contributed by atoms with E-state index in [9.17, 15) is 0 Å². The Bertz CT molecular complexity index is 968. The molecule has 0 saturated carbocycles. The second kappa shape index (κ2) is 6.36. The van der Waals surface area contributed by atoms with Crippen LogP contribution >= 0.6 is 0 Å². The minimum atomic E-state index is 0.193. The van der Waals surface area contributed by atoms with E-state index in [1.54, 1.807) is 10.9 Å². The number of nitrogens with zero attached hydrogens (tertiary/aromatic N) is 4. The molecule has 1 atom stereocenters. The van der Waals surface area contributed by atoms with Crippen LogP contribution in [0.2, 0.25) is 0 Å². The summed E-state index contributed by atoms with van der Waals surface area (Å²) in [5, 5.41) is 8.15. The minimum Gasteiger partial charge on any atom is -0.494 e. The van der Waals surface area contributed by atoms with Crippen molar-refractivity contribution >= 4 is 22.8 Å². The van der Waals surface area contributed by atoms with Gasteiger partial charge in [0, 0.05) is 31.1 Å². The van der Waals surface area contributed by atoms with Gasteiger partial charge in [-0.3, -0.25) is 4.68 Å². The van der Waals surface area contributed by atoms with E-state index in [0.29, 0.717) is 30.6 Å². The minimum absolute atomic E-state index is 0.193. The van der Waals surface area contributed by atoms with Crippen molar-refractivity contribution in [3.63, 3.8) is 0 Å². The van der Waals surface area contributed by atoms with Crippen LogP contribution in [0.25, 0.3) is 11.0 Å². The van der Waals surface area contributed by atoms with Crippen LogP contribution in [0.1, 0.15) is 25.0 Å². The summed E-state index contributed by atoms with van der Waals surface area (Å²) in [6, 6.07) is 4.10. The smallest absolute Gasteiger partial charge is 0.226 e. The Morgan fingerprint density at radius 3 is 3.04 bits per heavy atom. The highest BCUT2D eigenvalue weighted by molar-refractivity contribution is 5.86. The molecule has 0 saturated heterocycles. The SMILES string of the molecule is CCOc1cc2c(cc1CNc1nc(N)c3cnn(C)c3n1)OC(C)C2. The molecule has 4 rings (SSSR count). The number of hydrogen-bond acceptors (Lipinski definition) is 7. The Balaban J connectivity index is 1.61. The number of fused-ring (bicyclic) bond motifs is 2. The highest BCUT2D eigenvalue weighted by Gasteiger charge is 2.22. The standard InChI is InChI=1S/C18H22N6O2/c1-4-25-14-6-11-5-10(2)26-15(11)7-12(14)8-20-18-22-16(19)13-9-21-24(3)17(13)23-18/h6-7,9-10H,4-5,8H2,1-3H3,(H3,19,20,22,23). The third kappa shape index (κ3) is 2.87. The summed E-state index contributed by atoms with van der Waals surface area (Å²) in [5.41, 5.74) is 8.88. The van der Waals surface area contributed by atoms with Gasteiger partial charge >= 0.3 is 0 Å². The number of aromatic nitrogens is 4. The summed E-state index contributed by atoms with van der Waals surface area (Å²) in [5.74, 6) is 2.63. The summed E-state index contributed by atoms with van der Waals surface area (Å²) in [4.78, 5) is 8.82. The monoisotopic (exact) mass is 354 g/mol. The van der Waals surface area contributed by atoms with Crippen molar-refractivity contribution in [1.82, 2.24) is 19.7 Å². The highest BCUT2D eigenvalue weighted by Crippen LogP contribution is 2.35. The Morgan fingerprint density at radius 1 is 1.38 bits per heavy atom. The maximum atomic E-state index is 6.02. The van der Waals surface area contributed by atoms with Gasteiger partial charge in [-0.05, 0) is 26.0 Å². The average molecular weight is 354 g/mol. The summed E-state index contributed by atoms with van der Waals surface area (Å²) < 4.78 is 13.4. The Labute approximate surface area is 151 Å². The van der Waals surface area contributed by atoms with Gasteiger partial charge in [-0.1, -0.05) is 0 Å². The molecule has 1 aliphatic rings. The molecule has 3 aromatic rings. The molecule has 0 aliphatic carbocycles. The van der Waals surface area contributed by atoms with Crippen LogP contribution in [0.5, 0.6) is 11.5 Å². The first-order valence-electron chi connectivity index (χ1n) is 8.69. The van der Waals surface area contributed by atoms with E-state index >= 15 is 0 Å². The van der Waals surface area contributed by atoms with Crippen LogP contribution in [0, 0.1) is 0 Å². The Kier molecular flexibility index (Phi) is 4.02. The number of aryl methyl sites for hydroxylation is 1. The number of ether oxygens (including phenoxy) is 2. The van der Waals surface area contributed by atoms with Crippen LogP contribution in [0.3, 0.4) is 0 Å². The largest absolute Gasteiger partial charge is 0.494 e. The molecule has 8 heteroatoms. The molecule has 3 heterocycles. The maximum absolute atomic E-state index is 6.02. The first-order chi connectivity index (χ1) is 12.5. The lowest BCUT2D eigenvalue weighted by molar-refractivity contribution is 0.254. The quantitative estimate of drug-likeness (QED) is 0.725. The topological polar surface area (TPSA) is 100 Å². The van der Waals surface area contributed by atoms with Gasteiger partial charge in [0.2, 0.25) is 5.95 Å². The van der Waals surface area contributed by atoms with Crippen LogP contribution in [-0.4, -0.2) is 32.5 Å². The molecule has 0 radical (unpaired) electrons. The fourth-order valence-corrected chi connectivity index (χ4v) is 3.21. The Morgan fingerprint density at radius 2 is 2.23 bits per heavy atom. The van der Waals surface area contributed by atoms with Gasteiger partial charge in [-0.15, -0.1) is 0 Å². The third-order valence-electron chi connectivity index (χ3n) is 4.44. The summed E-state index contributed by atoms with van der Waals surface area (Å²) in [7, 11) is 1.82. The zero-order chi connectivity index (χ0) is 18.3. The van der Waals surface area contributed by atoms with Crippen molar-refractivity contribution in [2.45, 2.75) is 32.9 Å². The van der Waals surface area contributed by atoms with Gasteiger partial charge in [0.1, 0.15) is 23.4 Å². The molecule has 2 aromatic heterocycles. The normalized spacial score (nSPS) is 15.7. The number of nitrogen functional groups attached to an aromatic ring is 1. The number of hydrogen-bond donors (Lipinski definition) is 2. The molecule has 1 aliphatic heterocycles. The van der Waals surface area contributed by atoms with Crippen molar-refractivity contribution in [3.8, 4) is 11.5 Å². The van der Waals surface area contributed by atoms with Crippen molar-refractivity contribution in [2.75, 3.05) is 17.7 Å². The molecule has 0 spiro atoms. The van der Waals surface area contributed by atoms with E-state index in [0.717, 1.165) is 28.9 Å². The zero-order valence-electron chi connectivity index (χ0n) is 15.1. The van der Waals surface area contributed by atoms with Crippen LogP contribution in [-0.2, 0) is 20.0 Å². The first kappa shape index (κ1) is 16.4. The molecule has 0 amide bonds. The van der Waals surface area contributed by atoms with Crippen molar-refractivity contribution in [2.24, 2.45) is 7.05 Å². The predicted molar refractivity (Wildman–Crippen MR) is 99.4 cm³/mol. The van der Waals surface area contributed by atoms with E-state index in [4.69, 9.17) is 15.2 Å². The number of nitrogens with two attached hydrogens (primary N) is 1. The fourth-order valence-electron chi connectivity index (χ4n) is 3.21. The summed E-state index contributed by atoms with van der Waals surface area (Å²) >= 11 is 0. The average Bonchev–Trinajstić information content (AvgIpc) is 3.15. The van der Waals surface area contributed by atoms with Crippen LogP contribution < -0.4 is 20.5 Å². The van der Waals surface area contributed by atoms with Gasteiger partial charge < -0.3 is 20.5 Å². The number of rotatable bonds is 5. The van der Waals surface area contributed by atoms with Gasteiger partial charge in [-0.2, -0.15) is 15.1 Å². The number of nitrogens with one attached hydrogen (secondary N) is 1. The predicted octanol–water partition coefficient (Wildman–Crippen LogP) is 2.28. The molecular weight excluding hydrogens is 332 g/mol. The van der Waals surface area contributed by atoms with Crippen LogP contribution in [0.15, 0.2) is 18.3 Å². The van der Waals surface area contributed by atoms with Gasteiger partial charge in [0.05, 0.1) is 18.2 Å². The van der Waals surface area contributed by atoms with Crippen molar-refractivity contribution in [1.29, 1.82) is 0 Å². The number of benzene rings is 1. The zero-order valence-corrected chi connectivity index (χ0v) is 15.1. The molecule has 1 aromatic carbocycles. The van der Waals surface area contributed by atoms with E-state index in [2.05, 4.69) is 33.4 Å². The van der Waals surface area contributed by atoms with Gasteiger partial charge in [0.15, 0.2) is 5.65 Å². The van der Waals surface area contributed by atoms with Crippen molar-refractivity contribution < 1.29 is 9.47 Å². The maximum Gasteiger partial charge on any atom is 0.226 e. The molecule has 136 valence electrons. The summed E-state index contributed by atoms with van der Waals surface area (Å²) in [6.07, 6.45) is 2.76. The lowest BCUT2D eigenvalue weighted by Gasteiger charge is -2.13. The number of anilines is 2. The molecule has 26 heavy (non-hydrogen) atoms. The molecule has 3 N–H and O–H groups in total. The fraction of sp³-hybridized carbons (Fsp3) is 0.389. The molecule has 0 fully saturated rings. The third-order valence-corrected chi connectivity index (χ3v) is 4.44. The highest BCUT2D eigenvalue weighted by atomic mass is 16.5. The second-order valence-corrected chi connectivity index (χ2v) is 6.42. The molecule has 1 unspecified atom stereocenters. The molecule has 0 bridgehead atoms. The van der Waals surface area contributed by atoms with E-state index < -0.39 is 0 Å². The summed E-state index contributed by atoms with van der Waals surface area (Å²) in [6.45, 7) is 5.15. The lowest BCUT2D eigenvalue weighted by atomic mass is 10.1. The second-order valence-electron chi connectivity index (χ2n) is 6.42. The molecule has 8 nitrogen and oxygen atoms in total. The first-order valence-corrected chi connectivity index (χ1v) is 8.69. The van der Waals surface area contributed by atoms with Gasteiger partial charge in [-0.25, -0.2) is 0 Å². The lowest BCUT2D eigenvalue weighted by Crippen LogP contribution is -2.08. The molecular formula is C18H22N6O2. The van der Waals surface area contributed by atoms with Crippen molar-refractivity contribution in [3.05, 3.63) is 29.5 Å². The van der Waals surface area contributed by atoms with E-state index in [-0.39, 0.29) is 6.10 Å².